The van der Waals surface area contributed by atoms with Crippen molar-refractivity contribution in [3.63, 3.8) is 0 Å². The summed E-state index contributed by atoms with van der Waals surface area (Å²) in [6.45, 7) is 0. The van der Waals surface area contributed by atoms with Gasteiger partial charge in [-0.15, -0.1) is 10.2 Å². The number of rotatable bonds is 9. The highest BCUT2D eigenvalue weighted by molar-refractivity contribution is 7.99. The van der Waals surface area contributed by atoms with Crippen LogP contribution in [-0.4, -0.2) is 47.8 Å². The summed E-state index contributed by atoms with van der Waals surface area (Å²) < 4.78 is 17.8. The molecular formula is C25H23ClN4O4S. The van der Waals surface area contributed by atoms with Gasteiger partial charge in [0.2, 0.25) is 5.91 Å². The number of thioether (sulfide) groups is 1. The van der Waals surface area contributed by atoms with Crippen LogP contribution in [0.3, 0.4) is 0 Å². The highest BCUT2D eigenvalue weighted by Crippen LogP contribution is 2.32. The summed E-state index contributed by atoms with van der Waals surface area (Å²) in [7, 11) is 4.72. The number of hydrogen-bond donors (Lipinski definition) is 1. The Balaban J connectivity index is 1.59. The zero-order valence-corrected chi connectivity index (χ0v) is 20.9. The second kappa shape index (κ2) is 11.2. The maximum absolute atomic E-state index is 12.8. The van der Waals surface area contributed by atoms with Crippen LogP contribution in [0.4, 0.5) is 5.69 Å². The minimum absolute atomic E-state index is 0.110. The van der Waals surface area contributed by atoms with Crippen molar-refractivity contribution in [2.45, 2.75) is 5.16 Å². The number of halogens is 1. The van der Waals surface area contributed by atoms with Gasteiger partial charge in [0.1, 0.15) is 17.2 Å². The first-order valence-corrected chi connectivity index (χ1v) is 11.9. The number of aromatic nitrogens is 3. The Bertz CT molecular complexity index is 1330. The van der Waals surface area contributed by atoms with Gasteiger partial charge >= 0.3 is 0 Å². The summed E-state index contributed by atoms with van der Waals surface area (Å²) >= 11 is 7.37. The molecule has 1 aromatic heterocycles. The summed E-state index contributed by atoms with van der Waals surface area (Å²) in [5, 5.41) is 12.8. The van der Waals surface area contributed by atoms with Crippen LogP contribution in [0.1, 0.15) is 0 Å². The Morgan fingerprint density at radius 3 is 2.40 bits per heavy atom. The number of amides is 1. The first kappa shape index (κ1) is 24.4. The molecule has 4 aromatic rings. The van der Waals surface area contributed by atoms with E-state index in [0.29, 0.717) is 38.9 Å². The van der Waals surface area contributed by atoms with E-state index < -0.39 is 0 Å². The van der Waals surface area contributed by atoms with Crippen LogP contribution in [0, 0.1) is 0 Å². The SMILES string of the molecule is COc1cccc(-c2nnc(SCC(=O)Nc3ccc(OC)cc3OC)n2-c2ccc(Cl)cc2)c1. The molecule has 35 heavy (non-hydrogen) atoms. The molecule has 0 atom stereocenters. The Hall–Kier alpha value is -3.69. The van der Waals surface area contributed by atoms with E-state index in [2.05, 4.69) is 15.5 Å². The molecule has 0 aliphatic heterocycles. The van der Waals surface area contributed by atoms with E-state index in [-0.39, 0.29) is 11.7 Å². The number of ether oxygens (including phenoxy) is 3. The molecule has 0 saturated carbocycles. The lowest BCUT2D eigenvalue weighted by atomic mass is 10.2. The van der Waals surface area contributed by atoms with E-state index in [1.807, 2.05) is 41.0 Å². The van der Waals surface area contributed by atoms with Crippen LogP contribution in [0.2, 0.25) is 5.02 Å². The Kier molecular flexibility index (Phi) is 7.79. The van der Waals surface area contributed by atoms with Gasteiger partial charge in [0.15, 0.2) is 11.0 Å². The minimum atomic E-state index is -0.216. The number of methoxy groups -OCH3 is 3. The average molecular weight is 511 g/mol. The van der Waals surface area contributed by atoms with E-state index in [9.17, 15) is 4.79 Å². The normalized spacial score (nSPS) is 10.6. The Morgan fingerprint density at radius 2 is 1.69 bits per heavy atom. The molecule has 10 heteroatoms. The molecule has 0 aliphatic carbocycles. The fraction of sp³-hybridized carbons (Fsp3) is 0.160. The van der Waals surface area contributed by atoms with Crippen molar-refractivity contribution < 1.29 is 19.0 Å². The number of nitrogens with zero attached hydrogens (tertiary/aromatic N) is 3. The number of anilines is 1. The van der Waals surface area contributed by atoms with E-state index in [4.69, 9.17) is 25.8 Å². The van der Waals surface area contributed by atoms with Crippen LogP contribution in [0.25, 0.3) is 17.1 Å². The van der Waals surface area contributed by atoms with Gasteiger partial charge in [-0.1, -0.05) is 35.5 Å². The second-order valence-electron chi connectivity index (χ2n) is 7.25. The minimum Gasteiger partial charge on any atom is -0.497 e. The number of benzene rings is 3. The third-order valence-corrected chi connectivity index (χ3v) is 6.24. The lowest BCUT2D eigenvalue weighted by Crippen LogP contribution is -2.15. The molecule has 0 radical (unpaired) electrons. The largest absolute Gasteiger partial charge is 0.497 e. The predicted octanol–water partition coefficient (Wildman–Crippen LogP) is 5.34. The van der Waals surface area contributed by atoms with E-state index >= 15 is 0 Å². The van der Waals surface area contributed by atoms with Gasteiger partial charge in [0, 0.05) is 22.3 Å². The van der Waals surface area contributed by atoms with E-state index in [1.165, 1.54) is 18.9 Å². The first-order valence-electron chi connectivity index (χ1n) is 10.5. The van der Waals surface area contributed by atoms with Crippen LogP contribution in [0.5, 0.6) is 17.2 Å². The summed E-state index contributed by atoms with van der Waals surface area (Å²) in [6, 6.07) is 20.1. The average Bonchev–Trinajstić information content (AvgIpc) is 3.32. The maximum atomic E-state index is 12.8. The van der Waals surface area contributed by atoms with Crippen LogP contribution in [-0.2, 0) is 4.79 Å². The molecule has 0 fully saturated rings. The highest BCUT2D eigenvalue weighted by atomic mass is 35.5. The second-order valence-corrected chi connectivity index (χ2v) is 8.63. The summed E-state index contributed by atoms with van der Waals surface area (Å²) in [6.07, 6.45) is 0. The predicted molar refractivity (Wildman–Crippen MR) is 137 cm³/mol. The van der Waals surface area contributed by atoms with Gasteiger partial charge in [0.05, 0.1) is 32.8 Å². The van der Waals surface area contributed by atoms with Crippen molar-refractivity contribution in [1.82, 2.24) is 14.8 Å². The molecule has 3 aromatic carbocycles. The topological polar surface area (TPSA) is 87.5 Å². The number of hydrogen-bond acceptors (Lipinski definition) is 7. The van der Waals surface area contributed by atoms with Gasteiger partial charge in [0.25, 0.3) is 0 Å². The summed E-state index contributed by atoms with van der Waals surface area (Å²) in [4.78, 5) is 12.8. The van der Waals surface area contributed by atoms with E-state index in [0.717, 1.165) is 11.3 Å². The fourth-order valence-electron chi connectivity index (χ4n) is 3.35. The molecule has 0 aliphatic rings. The molecule has 1 N–H and O–H groups in total. The summed E-state index contributed by atoms with van der Waals surface area (Å²) in [5.41, 5.74) is 2.19. The van der Waals surface area contributed by atoms with Crippen molar-refractivity contribution in [3.8, 4) is 34.3 Å². The van der Waals surface area contributed by atoms with Crippen LogP contribution >= 0.6 is 23.4 Å². The fourth-order valence-corrected chi connectivity index (χ4v) is 4.23. The third-order valence-electron chi connectivity index (χ3n) is 5.06. The molecule has 1 amide bonds. The zero-order chi connectivity index (χ0) is 24.8. The van der Waals surface area contributed by atoms with Crippen molar-refractivity contribution in [3.05, 3.63) is 71.8 Å². The first-order chi connectivity index (χ1) is 17.0. The summed E-state index contributed by atoms with van der Waals surface area (Å²) in [5.74, 6) is 2.36. The number of nitrogens with one attached hydrogen (secondary N) is 1. The van der Waals surface area contributed by atoms with Gasteiger partial charge in [-0.3, -0.25) is 9.36 Å². The Morgan fingerprint density at radius 1 is 0.943 bits per heavy atom. The molecule has 4 rings (SSSR count). The smallest absolute Gasteiger partial charge is 0.234 e. The monoisotopic (exact) mass is 510 g/mol. The standard InChI is InChI=1S/C25H23ClN4O4S/c1-32-19-6-4-5-16(13-19)24-28-29-25(30(24)18-9-7-17(26)8-10-18)35-15-23(31)27-21-12-11-20(33-2)14-22(21)34-3/h4-14H,15H2,1-3H3,(H,27,31). The molecule has 0 unspecified atom stereocenters. The highest BCUT2D eigenvalue weighted by Gasteiger charge is 2.18. The van der Waals surface area contributed by atoms with Crippen molar-refractivity contribution in [2.24, 2.45) is 0 Å². The molecule has 0 bridgehead atoms. The molecule has 0 spiro atoms. The number of carbonyl (C=O) groups excluding carboxylic acids is 1. The Labute approximate surface area is 212 Å². The molecular weight excluding hydrogens is 488 g/mol. The van der Waals surface area contributed by atoms with Crippen LogP contribution < -0.4 is 19.5 Å². The zero-order valence-electron chi connectivity index (χ0n) is 19.3. The third kappa shape index (κ3) is 5.70. The quantitative estimate of drug-likeness (QED) is 0.304. The molecule has 1 heterocycles. The van der Waals surface area contributed by atoms with Gasteiger partial charge in [-0.25, -0.2) is 0 Å². The lowest BCUT2D eigenvalue weighted by molar-refractivity contribution is -0.113. The maximum Gasteiger partial charge on any atom is 0.234 e. The van der Waals surface area contributed by atoms with Gasteiger partial charge in [-0.05, 0) is 48.5 Å². The van der Waals surface area contributed by atoms with E-state index in [1.54, 1.807) is 44.6 Å². The van der Waals surface area contributed by atoms with Crippen molar-refractivity contribution in [2.75, 3.05) is 32.4 Å². The molecule has 180 valence electrons. The van der Waals surface area contributed by atoms with Gasteiger partial charge < -0.3 is 19.5 Å². The lowest BCUT2D eigenvalue weighted by Gasteiger charge is -2.12. The van der Waals surface area contributed by atoms with Crippen molar-refractivity contribution in [1.29, 1.82) is 0 Å². The number of carbonyl (C=O) groups is 1. The molecule has 8 nitrogen and oxygen atoms in total. The van der Waals surface area contributed by atoms with Crippen LogP contribution in [0.15, 0.2) is 71.9 Å². The molecule has 0 saturated heterocycles. The van der Waals surface area contributed by atoms with Crippen molar-refractivity contribution >= 4 is 35.0 Å². The van der Waals surface area contributed by atoms with Gasteiger partial charge in [-0.2, -0.15) is 0 Å².